The molecule has 0 bridgehead atoms. The van der Waals surface area contributed by atoms with E-state index in [1.54, 1.807) is 18.2 Å². The molecule has 158 valence electrons. The molecule has 0 aliphatic carbocycles. The molecule has 30 heavy (non-hydrogen) atoms. The van der Waals surface area contributed by atoms with Crippen molar-refractivity contribution in [3.63, 3.8) is 0 Å². The number of nitrogens with one attached hydrogen (secondary N) is 1. The molecule has 1 aliphatic heterocycles. The van der Waals surface area contributed by atoms with E-state index in [2.05, 4.69) is 15.3 Å². The number of rotatable bonds is 4. The van der Waals surface area contributed by atoms with Crippen LogP contribution in [0.4, 0.5) is 30.6 Å². The molecule has 0 saturated carbocycles. The highest BCUT2D eigenvalue weighted by molar-refractivity contribution is 5.85. The summed E-state index contributed by atoms with van der Waals surface area (Å²) in [6, 6.07) is 9.82. The second-order valence-electron chi connectivity index (χ2n) is 7.17. The first-order valence-corrected chi connectivity index (χ1v) is 9.45. The number of aromatic nitrogens is 2. The minimum absolute atomic E-state index is 0. The van der Waals surface area contributed by atoms with E-state index < -0.39 is 12.7 Å². The Morgan fingerprint density at radius 2 is 1.73 bits per heavy atom. The number of anilines is 3. The van der Waals surface area contributed by atoms with E-state index in [1.165, 1.54) is 24.3 Å². The number of halogens is 4. The first-order valence-electron chi connectivity index (χ1n) is 9.45. The van der Waals surface area contributed by atoms with E-state index in [4.69, 9.17) is 0 Å². The van der Waals surface area contributed by atoms with Crippen molar-refractivity contribution in [3.05, 3.63) is 76.5 Å². The summed E-state index contributed by atoms with van der Waals surface area (Å²) in [5.74, 6) is 0.248. The summed E-state index contributed by atoms with van der Waals surface area (Å²) in [7, 11) is 0. The monoisotopic (exact) mass is 434 g/mol. The van der Waals surface area contributed by atoms with E-state index in [1.807, 2.05) is 18.7 Å². The molecule has 2 heterocycles. The maximum Gasteiger partial charge on any atom is 0.229 e. The molecule has 1 atom stereocenters. The molecule has 0 amide bonds. The number of hydrogen-bond donors (Lipinski definition) is 1. The number of hydrogen-bond acceptors (Lipinski definition) is 4. The highest BCUT2D eigenvalue weighted by atomic mass is 35.5. The van der Waals surface area contributed by atoms with Crippen molar-refractivity contribution in [1.29, 1.82) is 0 Å². The van der Waals surface area contributed by atoms with Crippen molar-refractivity contribution in [1.82, 2.24) is 9.97 Å². The smallest absolute Gasteiger partial charge is 0.229 e. The van der Waals surface area contributed by atoms with Crippen molar-refractivity contribution >= 4 is 29.9 Å². The molecule has 8 heteroatoms. The van der Waals surface area contributed by atoms with Gasteiger partial charge in [-0.2, -0.15) is 4.98 Å². The SMILES string of the molecule is Cc1nc(Nc2ccc(F)cc2)nc(N2CCc3ccc(F)cc3C2CF)c1C.Cl. The van der Waals surface area contributed by atoms with Gasteiger partial charge in [0.1, 0.15) is 24.1 Å². The average molecular weight is 435 g/mol. The highest BCUT2D eigenvalue weighted by Gasteiger charge is 2.30. The zero-order valence-electron chi connectivity index (χ0n) is 16.6. The first-order chi connectivity index (χ1) is 14.0. The van der Waals surface area contributed by atoms with Crippen LogP contribution in [0, 0.1) is 25.5 Å². The third-order valence-electron chi connectivity index (χ3n) is 5.35. The van der Waals surface area contributed by atoms with E-state index in [-0.39, 0.29) is 24.0 Å². The molecular formula is C22H22ClF3N4. The number of nitrogens with zero attached hydrogens (tertiary/aromatic N) is 3. The highest BCUT2D eigenvalue weighted by Crippen LogP contribution is 2.36. The van der Waals surface area contributed by atoms with Crippen LogP contribution in [0.3, 0.4) is 0 Å². The van der Waals surface area contributed by atoms with Gasteiger partial charge in [0, 0.05) is 23.5 Å². The van der Waals surface area contributed by atoms with Gasteiger partial charge in [-0.3, -0.25) is 0 Å². The Balaban J connectivity index is 0.00000256. The molecule has 1 aromatic heterocycles. The zero-order chi connectivity index (χ0) is 20.5. The summed E-state index contributed by atoms with van der Waals surface area (Å²) in [6.45, 7) is 3.67. The molecule has 4 nitrogen and oxygen atoms in total. The molecule has 0 fully saturated rings. The topological polar surface area (TPSA) is 41.1 Å². The van der Waals surface area contributed by atoms with Gasteiger partial charge in [-0.15, -0.1) is 12.4 Å². The average Bonchev–Trinajstić information content (AvgIpc) is 2.71. The lowest BCUT2D eigenvalue weighted by Gasteiger charge is -2.37. The summed E-state index contributed by atoms with van der Waals surface area (Å²) in [5, 5.41) is 3.07. The van der Waals surface area contributed by atoms with Gasteiger partial charge in [0.05, 0.1) is 6.04 Å². The summed E-state index contributed by atoms with van der Waals surface area (Å²) in [4.78, 5) is 11.0. The Morgan fingerprint density at radius 3 is 2.43 bits per heavy atom. The molecular weight excluding hydrogens is 413 g/mol. The maximum atomic E-state index is 14.1. The molecule has 4 rings (SSSR count). The fourth-order valence-corrected chi connectivity index (χ4v) is 3.70. The number of alkyl halides is 1. The van der Waals surface area contributed by atoms with Gasteiger partial charge in [-0.05, 0) is 67.8 Å². The molecule has 1 unspecified atom stereocenters. The van der Waals surface area contributed by atoms with Gasteiger partial charge >= 0.3 is 0 Å². The van der Waals surface area contributed by atoms with Crippen LogP contribution in [0.2, 0.25) is 0 Å². The molecule has 0 radical (unpaired) electrons. The van der Waals surface area contributed by atoms with Crippen LogP contribution in [0.5, 0.6) is 0 Å². The Hall–Kier alpha value is -2.80. The van der Waals surface area contributed by atoms with Gasteiger partial charge in [-0.25, -0.2) is 18.2 Å². The van der Waals surface area contributed by atoms with Gasteiger partial charge < -0.3 is 10.2 Å². The third-order valence-corrected chi connectivity index (χ3v) is 5.35. The molecule has 3 aromatic rings. The predicted molar refractivity (Wildman–Crippen MR) is 115 cm³/mol. The van der Waals surface area contributed by atoms with E-state index in [0.29, 0.717) is 36.0 Å². The largest absolute Gasteiger partial charge is 0.346 e. The van der Waals surface area contributed by atoms with Crippen LogP contribution >= 0.6 is 12.4 Å². The second-order valence-corrected chi connectivity index (χ2v) is 7.17. The Kier molecular flexibility index (Phi) is 6.51. The molecule has 2 aromatic carbocycles. The summed E-state index contributed by atoms with van der Waals surface area (Å²) in [5.41, 5.74) is 3.85. The van der Waals surface area contributed by atoms with Crippen molar-refractivity contribution < 1.29 is 13.2 Å². The fourth-order valence-electron chi connectivity index (χ4n) is 3.70. The van der Waals surface area contributed by atoms with Crippen molar-refractivity contribution in [2.24, 2.45) is 0 Å². The molecule has 0 saturated heterocycles. The van der Waals surface area contributed by atoms with E-state index in [0.717, 1.165) is 16.8 Å². The van der Waals surface area contributed by atoms with Gasteiger partial charge in [0.15, 0.2) is 0 Å². The second kappa shape index (κ2) is 8.92. The van der Waals surface area contributed by atoms with Crippen LogP contribution in [0.15, 0.2) is 42.5 Å². The standard InChI is InChI=1S/C22H21F3N4.ClH/c1-13-14(2)26-22(27-18-7-5-16(24)6-8-18)28-21(13)29-10-9-15-3-4-17(25)11-19(15)20(29)12-23;/h3-8,11,20H,9-10,12H2,1-2H3,(H,26,27,28);1H. The Bertz CT molecular complexity index is 1040. The van der Waals surface area contributed by atoms with Crippen LogP contribution in [-0.4, -0.2) is 23.2 Å². The predicted octanol–water partition coefficient (Wildman–Crippen LogP) is 5.61. The van der Waals surface area contributed by atoms with Crippen LogP contribution in [0.1, 0.15) is 28.4 Å². The number of benzene rings is 2. The number of aryl methyl sites for hydroxylation is 1. The lowest BCUT2D eigenvalue weighted by Crippen LogP contribution is -2.38. The first kappa shape index (κ1) is 21.9. The molecule has 0 spiro atoms. The summed E-state index contributed by atoms with van der Waals surface area (Å²) >= 11 is 0. The maximum absolute atomic E-state index is 14.1. The van der Waals surface area contributed by atoms with Crippen molar-refractivity contribution in [3.8, 4) is 0 Å². The van der Waals surface area contributed by atoms with Gasteiger partial charge in [0.2, 0.25) is 5.95 Å². The van der Waals surface area contributed by atoms with Crippen molar-refractivity contribution in [2.75, 3.05) is 23.4 Å². The Morgan fingerprint density at radius 1 is 1.03 bits per heavy atom. The molecule has 1 aliphatic rings. The fraction of sp³-hybridized carbons (Fsp3) is 0.273. The van der Waals surface area contributed by atoms with Crippen LogP contribution in [0.25, 0.3) is 0 Å². The summed E-state index contributed by atoms with van der Waals surface area (Å²) < 4.78 is 41.0. The number of fused-ring (bicyclic) bond motifs is 1. The molecule has 1 N–H and O–H groups in total. The third kappa shape index (κ3) is 4.21. The summed E-state index contributed by atoms with van der Waals surface area (Å²) in [6.07, 6.45) is 0.676. The zero-order valence-corrected chi connectivity index (χ0v) is 17.4. The van der Waals surface area contributed by atoms with E-state index >= 15 is 0 Å². The minimum Gasteiger partial charge on any atom is -0.346 e. The van der Waals surface area contributed by atoms with E-state index in [9.17, 15) is 13.2 Å². The lowest BCUT2D eigenvalue weighted by molar-refractivity contribution is 0.403. The normalized spacial score (nSPS) is 15.4. The van der Waals surface area contributed by atoms with Gasteiger partial charge in [0.25, 0.3) is 0 Å². The van der Waals surface area contributed by atoms with Crippen LogP contribution < -0.4 is 10.2 Å². The quantitative estimate of drug-likeness (QED) is 0.579. The Labute approximate surface area is 179 Å². The van der Waals surface area contributed by atoms with Gasteiger partial charge in [-0.1, -0.05) is 6.07 Å². The van der Waals surface area contributed by atoms with Crippen LogP contribution in [-0.2, 0) is 6.42 Å². The van der Waals surface area contributed by atoms with Crippen molar-refractivity contribution in [2.45, 2.75) is 26.3 Å². The lowest BCUT2D eigenvalue weighted by atomic mass is 9.92. The minimum atomic E-state index is -0.653.